The van der Waals surface area contributed by atoms with Crippen LogP contribution in [-0.4, -0.2) is 59.1 Å². The van der Waals surface area contributed by atoms with Crippen molar-refractivity contribution in [3.63, 3.8) is 0 Å². The Kier molecular flexibility index (Phi) is 6.48. The highest BCUT2D eigenvalue weighted by Gasteiger charge is 2.32. The van der Waals surface area contributed by atoms with Gasteiger partial charge in [0.05, 0.1) is 18.4 Å². The van der Waals surface area contributed by atoms with E-state index in [-0.39, 0.29) is 24.7 Å². The number of nitrogens with one attached hydrogen (secondary N) is 1. The minimum absolute atomic E-state index is 0.0222. The number of hydrogen-bond donors (Lipinski definition) is 1. The maximum atomic E-state index is 12.6. The van der Waals surface area contributed by atoms with Crippen LogP contribution in [0.4, 0.5) is 18.9 Å². The molecule has 0 atom stereocenters. The largest absolute Gasteiger partial charge is 0.573 e. The number of benzene rings is 1. The minimum Gasteiger partial charge on any atom is -0.405 e. The summed E-state index contributed by atoms with van der Waals surface area (Å²) in [7, 11) is 1.78. The third-order valence-corrected chi connectivity index (χ3v) is 4.46. The van der Waals surface area contributed by atoms with Crippen LogP contribution in [0.15, 0.2) is 41.7 Å². The molecule has 2 aromatic rings. The van der Waals surface area contributed by atoms with E-state index in [0.29, 0.717) is 31.2 Å². The third-order valence-electron chi connectivity index (χ3n) is 4.46. The second kappa shape index (κ2) is 9.06. The number of alkyl halides is 3. The molecule has 0 radical (unpaired) electrons. The molecule has 8 nitrogen and oxygen atoms in total. The van der Waals surface area contributed by atoms with Gasteiger partial charge in [0, 0.05) is 38.4 Å². The summed E-state index contributed by atoms with van der Waals surface area (Å²) in [6.07, 6.45) is -1.38. The van der Waals surface area contributed by atoms with Gasteiger partial charge < -0.3 is 19.9 Å². The van der Waals surface area contributed by atoms with Crippen molar-refractivity contribution in [1.29, 1.82) is 0 Å². The molecule has 0 aliphatic carbocycles. The summed E-state index contributed by atoms with van der Waals surface area (Å²) in [5, 5.41) is 7.18. The normalized spacial score (nSPS) is 15.5. The Balaban J connectivity index is 1.72. The van der Waals surface area contributed by atoms with Gasteiger partial charge in [-0.15, -0.1) is 13.2 Å². The molecule has 1 aliphatic heterocycles. The monoisotopic (exact) mass is 424 g/mol. The fourth-order valence-corrected chi connectivity index (χ4v) is 3.12. The van der Waals surface area contributed by atoms with Crippen LogP contribution in [-0.2, 0) is 18.4 Å². The standard InChI is InChI=1S/C19H23F3N6O2/c1-3-23-18(24-10-14-6-4-5-7-16(14)30-19(20,21)22)27-8-9-28(17(29)13-27)15-11-25-26(2)12-15/h4-7,11-12H,3,8-10,13H2,1-2H3,(H,23,24). The Labute approximate surface area is 171 Å². The van der Waals surface area contributed by atoms with Crippen LogP contribution in [0, 0.1) is 0 Å². The lowest BCUT2D eigenvalue weighted by atomic mass is 10.2. The lowest BCUT2D eigenvalue weighted by Crippen LogP contribution is -2.55. The number of amides is 1. The van der Waals surface area contributed by atoms with Crippen LogP contribution >= 0.6 is 0 Å². The average Bonchev–Trinajstić information content (AvgIpc) is 3.11. The molecule has 1 amide bonds. The number of ether oxygens (including phenoxy) is 1. The predicted octanol–water partition coefficient (Wildman–Crippen LogP) is 2.13. The Morgan fingerprint density at radius 1 is 1.30 bits per heavy atom. The molecule has 1 N–H and O–H groups in total. The summed E-state index contributed by atoms with van der Waals surface area (Å²) >= 11 is 0. The van der Waals surface area contributed by atoms with E-state index < -0.39 is 6.36 Å². The fraction of sp³-hybridized carbons (Fsp3) is 0.421. The quantitative estimate of drug-likeness (QED) is 0.588. The average molecular weight is 424 g/mol. The van der Waals surface area contributed by atoms with Crippen molar-refractivity contribution in [2.24, 2.45) is 12.0 Å². The van der Waals surface area contributed by atoms with Gasteiger partial charge in [-0.1, -0.05) is 18.2 Å². The highest BCUT2D eigenvalue weighted by Crippen LogP contribution is 2.26. The Hall–Kier alpha value is -3.24. The van der Waals surface area contributed by atoms with Crippen LogP contribution < -0.4 is 15.0 Å². The maximum Gasteiger partial charge on any atom is 0.573 e. The molecule has 2 heterocycles. The minimum atomic E-state index is -4.78. The molecule has 0 saturated carbocycles. The number of hydrogen-bond acceptors (Lipinski definition) is 4. The first-order valence-corrected chi connectivity index (χ1v) is 9.42. The highest BCUT2D eigenvalue weighted by atomic mass is 19.4. The van der Waals surface area contributed by atoms with E-state index in [1.165, 1.54) is 18.2 Å². The van der Waals surface area contributed by atoms with Crippen LogP contribution in [0.25, 0.3) is 0 Å². The number of carbonyl (C=O) groups is 1. The van der Waals surface area contributed by atoms with Crippen LogP contribution in [0.1, 0.15) is 12.5 Å². The highest BCUT2D eigenvalue weighted by molar-refractivity contribution is 5.98. The first-order valence-electron chi connectivity index (χ1n) is 9.42. The van der Waals surface area contributed by atoms with E-state index in [2.05, 4.69) is 20.1 Å². The van der Waals surface area contributed by atoms with Crippen LogP contribution in [0.5, 0.6) is 5.75 Å². The number of halogens is 3. The van der Waals surface area contributed by atoms with E-state index in [4.69, 9.17) is 0 Å². The summed E-state index contributed by atoms with van der Waals surface area (Å²) in [4.78, 5) is 20.5. The summed E-state index contributed by atoms with van der Waals surface area (Å²) < 4.78 is 43.6. The summed E-state index contributed by atoms with van der Waals surface area (Å²) in [6.45, 7) is 3.48. The van der Waals surface area contributed by atoms with Crippen molar-refractivity contribution in [3.8, 4) is 5.75 Å². The van der Waals surface area contributed by atoms with E-state index >= 15 is 0 Å². The Morgan fingerprint density at radius 3 is 2.70 bits per heavy atom. The molecule has 0 spiro atoms. The molecule has 3 rings (SSSR count). The number of guanidine groups is 1. The van der Waals surface area contributed by atoms with Gasteiger partial charge in [-0.25, -0.2) is 4.99 Å². The van der Waals surface area contributed by atoms with E-state index in [0.717, 1.165) is 5.69 Å². The van der Waals surface area contributed by atoms with Crippen molar-refractivity contribution in [2.45, 2.75) is 19.8 Å². The topological polar surface area (TPSA) is 75.0 Å². The van der Waals surface area contributed by atoms with Crippen molar-refractivity contribution in [2.75, 3.05) is 31.1 Å². The Morgan fingerprint density at radius 2 is 2.07 bits per heavy atom. The van der Waals surface area contributed by atoms with E-state index in [1.54, 1.807) is 40.0 Å². The molecule has 1 fully saturated rings. The number of para-hydroxylation sites is 1. The van der Waals surface area contributed by atoms with E-state index in [9.17, 15) is 18.0 Å². The van der Waals surface area contributed by atoms with E-state index in [1.807, 2.05) is 6.92 Å². The SMILES string of the molecule is CCNC(=NCc1ccccc1OC(F)(F)F)N1CCN(c2cnn(C)c2)C(=O)C1. The number of nitrogens with zero attached hydrogens (tertiary/aromatic N) is 5. The zero-order valence-electron chi connectivity index (χ0n) is 16.7. The van der Waals surface area contributed by atoms with Gasteiger partial charge in [0.1, 0.15) is 12.3 Å². The smallest absolute Gasteiger partial charge is 0.405 e. The van der Waals surface area contributed by atoms with Crippen molar-refractivity contribution >= 4 is 17.6 Å². The lowest BCUT2D eigenvalue weighted by Gasteiger charge is -2.35. The molecule has 1 aliphatic rings. The fourth-order valence-electron chi connectivity index (χ4n) is 3.12. The van der Waals surface area contributed by atoms with Gasteiger partial charge in [-0.05, 0) is 13.0 Å². The number of piperazine rings is 1. The van der Waals surface area contributed by atoms with Gasteiger partial charge in [-0.2, -0.15) is 5.10 Å². The van der Waals surface area contributed by atoms with Gasteiger partial charge in [0.2, 0.25) is 5.91 Å². The Bertz CT molecular complexity index is 912. The molecule has 30 heavy (non-hydrogen) atoms. The van der Waals surface area contributed by atoms with Gasteiger partial charge in [0.25, 0.3) is 0 Å². The summed E-state index contributed by atoms with van der Waals surface area (Å²) in [5.74, 6) is 0.0567. The molecule has 0 unspecified atom stereocenters. The van der Waals surface area contributed by atoms with Crippen molar-refractivity contribution < 1.29 is 22.7 Å². The second-order valence-electron chi connectivity index (χ2n) is 6.66. The van der Waals surface area contributed by atoms with Gasteiger partial charge >= 0.3 is 6.36 Å². The number of aromatic nitrogens is 2. The van der Waals surface area contributed by atoms with Crippen molar-refractivity contribution in [1.82, 2.24) is 20.0 Å². The van der Waals surface area contributed by atoms with Crippen molar-refractivity contribution in [3.05, 3.63) is 42.2 Å². The molecule has 1 aromatic carbocycles. The maximum absolute atomic E-state index is 12.6. The predicted molar refractivity (Wildman–Crippen MR) is 105 cm³/mol. The van der Waals surface area contributed by atoms with Gasteiger partial charge in [-0.3, -0.25) is 9.48 Å². The number of carbonyl (C=O) groups excluding carboxylic acids is 1. The summed E-state index contributed by atoms with van der Waals surface area (Å²) in [6, 6.07) is 5.87. The number of aliphatic imine (C=N–C) groups is 1. The molecule has 11 heteroatoms. The molecule has 1 aromatic heterocycles. The number of aryl methyl sites for hydroxylation is 1. The lowest BCUT2D eigenvalue weighted by molar-refractivity contribution is -0.274. The second-order valence-corrected chi connectivity index (χ2v) is 6.66. The van der Waals surface area contributed by atoms with Crippen LogP contribution in [0.3, 0.4) is 0 Å². The first-order chi connectivity index (χ1) is 14.3. The third kappa shape index (κ3) is 5.43. The summed E-state index contributed by atoms with van der Waals surface area (Å²) in [5.41, 5.74) is 1.02. The molecular weight excluding hydrogens is 401 g/mol. The zero-order chi connectivity index (χ0) is 21.7. The molecule has 1 saturated heterocycles. The van der Waals surface area contributed by atoms with Crippen LogP contribution in [0.2, 0.25) is 0 Å². The van der Waals surface area contributed by atoms with Gasteiger partial charge in [0.15, 0.2) is 5.96 Å². The first kappa shape index (κ1) is 21.5. The molecule has 0 bridgehead atoms. The molecule has 162 valence electrons. The molecular formula is C19H23F3N6O2. The number of rotatable bonds is 5. The number of anilines is 1. The zero-order valence-corrected chi connectivity index (χ0v) is 16.7.